The number of rotatable bonds is 2. The maximum absolute atomic E-state index is 11.5. The van der Waals surface area contributed by atoms with Crippen molar-refractivity contribution in [1.82, 2.24) is 0 Å². The molecule has 0 N–H and O–H groups in total. The molecule has 18 heavy (non-hydrogen) atoms. The summed E-state index contributed by atoms with van der Waals surface area (Å²) in [5.41, 5.74) is 2.38. The number of Topliss-reactive ketones (excluding diaryl/α,β-unsaturated/α-hetero) is 1. The van der Waals surface area contributed by atoms with Gasteiger partial charge in [-0.3, -0.25) is 4.79 Å². The molecule has 1 aliphatic rings. The SMILES string of the molecule is O=C1CCc2ccc(Oc3ccccc3)cc2C1. The van der Waals surface area contributed by atoms with Crippen LogP contribution in [0, 0.1) is 0 Å². The molecule has 90 valence electrons. The van der Waals surface area contributed by atoms with Gasteiger partial charge < -0.3 is 4.74 Å². The highest BCUT2D eigenvalue weighted by Crippen LogP contribution is 2.27. The molecule has 0 aromatic heterocycles. The van der Waals surface area contributed by atoms with E-state index in [4.69, 9.17) is 4.74 Å². The third-order valence-corrected chi connectivity index (χ3v) is 3.22. The Bertz CT molecular complexity index is 573. The molecule has 1 aliphatic carbocycles. The number of hydrogen-bond donors (Lipinski definition) is 0. The lowest BCUT2D eigenvalue weighted by Crippen LogP contribution is -2.12. The van der Waals surface area contributed by atoms with Gasteiger partial charge in [0.25, 0.3) is 0 Å². The number of ether oxygens (including phenoxy) is 1. The van der Waals surface area contributed by atoms with E-state index in [0.29, 0.717) is 18.6 Å². The van der Waals surface area contributed by atoms with Crippen molar-refractivity contribution in [3.63, 3.8) is 0 Å². The van der Waals surface area contributed by atoms with Gasteiger partial charge in [0.2, 0.25) is 0 Å². The maximum atomic E-state index is 11.5. The fraction of sp³-hybridized carbons (Fsp3) is 0.188. The van der Waals surface area contributed by atoms with Crippen molar-refractivity contribution in [2.75, 3.05) is 0 Å². The molecule has 2 aromatic carbocycles. The van der Waals surface area contributed by atoms with E-state index in [2.05, 4.69) is 6.07 Å². The van der Waals surface area contributed by atoms with E-state index in [-0.39, 0.29) is 0 Å². The number of ketones is 1. The van der Waals surface area contributed by atoms with Crippen LogP contribution in [0.3, 0.4) is 0 Å². The number of para-hydroxylation sites is 1. The molecule has 0 radical (unpaired) electrons. The van der Waals surface area contributed by atoms with Gasteiger partial charge in [-0.15, -0.1) is 0 Å². The Morgan fingerprint density at radius 2 is 1.67 bits per heavy atom. The monoisotopic (exact) mass is 238 g/mol. The topological polar surface area (TPSA) is 26.3 Å². The van der Waals surface area contributed by atoms with Crippen molar-refractivity contribution in [2.24, 2.45) is 0 Å². The molecular weight excluding hydrogens is 224 g/mol. The predicted octanol–water partition coefficient (Wildman–Crippen LogP) is 3.54. The van der Waals surface area contributed by atoms with E-state index >= 15 is 0 Å². The lowest BCUT2D eigenvalue weighted by Gasteiger charge is -2.16. The molecule has 0 aliphatic heterocycles. The molecule has 0 heterocycles. The maximum Gasteiger partial charge on any atom is 0.137 e. The third kappa shape index (κ3) is 2.28. The fourth-order valence-corrected chi connectivity index (χ4v) is 2.27. The molecule has 2 aromatic rings. The van der Waals surface area contributed by atoms with Crippen molar-refractivity contribution in [1.29, 1.82) is 0 Å². The number of carbonyl (C=O) groups excluding carboxylic acids is 1. The Hall–Kier alpha value is -2.09. The minimum Gasteiger partial charge on any atom is -0.457 e. The molecule has 0 fully saturated rings. The lowest BCUT2D eigenvalue weighted by atomic mass is 9.91. The molecular formula is C16H14O2. The van der Waals surface area contributed by atoms with Crippen LogP contribution in [0.15, 0.2) is 48.5 Å². The second-order valence-corrected chi connectivity index (χ2v) is 4.56. The minimum atomic E-state index is 0.319. The summed E-state index contributed by atoms with van der Waals surface area (Å²) in [7, 11) is 0. The number of benzene rings is 2. The number of hydrogen-bond acceptors (Lipinski definition) is 2. The lowest BCUT2D eigenvalue weighted by molar-refractivity contribution is -0.118. The average Bonchev–Trinajstić information content (AvgIpc) is 2.39. The summed E-state index contributed by atoms with van der Waals surface area (Å²) in [6.45, 7) is 0. The zero-order valence-corrected chi connectivity index (χ0v) is 10.1. The third-order valence-electron chi connectivity index (χ3n) is 3.22. The van der Waals surface area contributed by atoms with E-state index in [9.17, 15) is 4.79 Å². The van der Waals surface area contributed by atoms with Gasteiger partial charge >= 0.3 is 0 Å². The predicted molar refractivity (Wildman–Crippen MR) is 70.0 cm³/mol. The Balaban J connectivity index is 1.86. The Morgan fingerprint density at radius 3 is 2.50 bits per heavy atom. The summed E-state index contributed by atoms with van der Waals surface area (Å²) in [6.07, 6.45) is 2.08. The van der Waals surface area contributed by atoms with Gasteiger partial charge in [0.05, 0.1) is 0 Å². The fourth-order valence-electron chi connectivity index (χ4n) is 2.27. The van der Waals surface area contributed by atoms with Crippen LogP contribution in [0.4, 0.5) is 0 Å². The molecule has 0 atom stereocenters. The van der Waals surface area contributed by atoms with E-state index in [1.54, 1.807) is 0 Å². The van der Waals surface area contributed by atoms with Crippen molar-refractivity contribution in [3.05, 3.63) is 59.7 Å². The van der Waals surface area contributed by atoms with Crippen molar-refractivity contribution < 1.29 is 9.53 Å². The molecule has 3 rings (SSSR count). The standard InChI is InChI=1S/C16H14O2/c17-14-8-6-12-7-9-16(11-13(12)10-14)18-15-4-2-1-3-5-15/h1-5,7,9,11H,6,8,10H2. The van der Waals surface area contributed by atoms with Crippen LogP contribution in [0.2, 0.25) is 0 Å². The summed E-state index contributed by atoms with van der Waals surface area (Å²) >= 11 is 0. The highest BCUT2D eigenvalue weighted by Gasteiger charge is 2.15. The quantitative estimate of drug-likeness (QED) is 0.800. The number of carbonyl (C=O) groups is 1. The number of fused-ring (bicyclic) bond motifs is 1. The molecule has 0 bridgehead atoms. The van der Waals surface area contributed by atoms with Crippen molar-refractivity contribution in [3.8, 4) is 11.5 Å². The Labute approximate surface area is 106 Å². The second kappa shape index (κ2) is 4.65. The van der Waals surface area contributed by atoms with E-state index < -0.39 is 0 Å². The molecule has 0 saturated carbocycles. The summed E-state index contributed by atoms with van der Waals surface area (Å²) in [6, 6.07) is 15.7. The first-order valence-electron chi connectivity index (χ1n) is 6.18. The molecule has 0 amide bonds. The van der Waals surface area contributed by atoms with Crippen LogP contribution in [0.5, 0.6) is 11.5 Å². The van der Waals surface area contributed by atoms with Gasteiger partial charge in [-0.2, -0.15) is 0 Å². The summed E-state index contributed by atoms with van der Waals surface area (Å²) in [5, 5.41) is 0. The van der Waals surface area contributed by atoms with Crippen LogP contribution in [0.25, 0.3) is 0 Å². The minimum absolute atomic E-state index is 0.319. The first-order valence-corrected chi connectivity index (χ1v) is 6.18. The Kier molecular flexibility index (Phi) is 2.85. The largest absolute Gasteiger partial charge is 0.457 e. The van der Waals surface area contributed by atoms with Crippen LogP contribution in [-0.2, 0) is 17.6 Å². The summed E-state index contributed by atoms with van der Waals surface area (Å²) in [5.74, 6) is 1.94. The highest BCUT2D eigenvalue weighted by atomic mass is 16.5. The first kappa shape index (κ1) is 11.0. The second-order valence-electron chi connectivity index (χ2n) is 4.56. The van der Waals surface area contributed by atoms with Crippen molar-refractivity contribution in [2.45, 2.75) is 19.3 Å². The van der Waals surface area contributed by atoms with E-state index in [1.807, 2.05) is 42.5 Å². The molecule has 2 nitrogen and oxygen atoms in total. The van der Waals surface area contributed by atoms with Gasteiger partial charge in [-0.1, -0.05) is 24.3 Å². The first-order chi connectivity index (χ1) is 8.81. The van der Waals surface area contributed by atoms with Crippen LogP contribution < -0.4 is 4.74 Å². The van der Waals surface area contributed by atoms with E-state index in [1.165, 1.54) is 5.56 Å². The smallest absolute Gasteiger partial charge is 0.137 e. The van der Waals surface area contributed by atoms with Crippen LogP contribution >= 0.6 is 0 Å². The van der Waals surface area contributed by atoms with Crippen LogP contribution in [-0.4, -0.2) is 5.78 Å². The zero-order chi connectivity index (χ0) is 12.4. The Morgan fingerprint density at radius 1 is 0.833 bits per heavy atom. The zero-order valence-electron chi connectivity index (χ0n) is 10.1. The highest BCUT2D eigenvalue weighted by molar-refractivity contribution is 5.83. The molecule has 0 unspecified atom stereocenters. The van der Waals surface area contributed by atoms with Crippen LogP contribution in [0.1, 0.15) is 17.5 Å². The normalized spacial score (nSPS) is 14.1. The van der Waals surface area contributed by atoms with Gasteiger partial charge in [-0.05, 0) is 41.8 Å². The molecule has 2 heteroatoms. The van der Waals surface area contributed by atoms with Gasteiger partial charge in [0, 0.05) is 12.8 Å². The summed E-state index contributed by atoms with van der Waals surface area (Å²) < 4.78 is 5.77. The van der Waals surface area contributed by atoms with E-state index in [0.717, 1.165) is 23.5 Å². The number of aryl methyl sites for hydroxylation is 1. The molecule has 0 spiro atoms. The van der Waals surface area contributed by atoms with Gasteiger partial charge in [-0.25, -0.2) is 0 Å². The summed E-state index contributed by atoms with van der Waals surface area (Å²) in [4.78, 5) is 11.5. The van der Waals surface area contributed by atoms with Crippen molar-refractivity contribution >= 4 is 5.78 Å². The average molecular weight is 238 g/mol. The molecule has 0 saturated heterocycles. The van der Waals surface area contributed by atoms with Gasteiger partial charge in [0.15, 0.2) is 0 Å². The van der Waals surface area contributed by atoms with Gasteiger partial charge in [0.1, 0.15) is 17.3 Å².